The van der Waals surface area contributed by atoms with E-state index < -0.39 is 12.6 Å². The number of hydrogen-bond acceptors (Lipinski definition) is 6. The Balaban J connectivity index is 1.77. The predicted molar refractivity (Wildman–Crippen MR) is 77.1 cm³/mol. The molecule has 0 aromatic heterocycles. The summed E-state index contributed by atoms with van der Waals surface area (Å²) in [6.45, 7) is -2.89. The third-order valence-electron chi connectivity index (χ3n) is 3.17. The topological polar surface area (TPSA) is 63.2 Å². The van der Waals surface area contributed by atoms with Crippen molar-refractivity contribution in [2.75, 3.05) is 13.9 Å². The van der Waals surface area contributed by atoms with Gasteiger partial charge in [0.15, 0.2) is 23.0 Å². The van der Waals surface area contributed by atoms with Gasteiger partial charge in [-0.3, -0.25) is 0 Å². The van der Waals surface area contributed by atoms with Crippen molar-refractivity contribution in [3.05, 3.63) is 42.0 Å². The fourth-order valence-electron chi connectivity index (χ4n) is 2.09. The summed E-state index contributed by atoms with van der Waals surface area (Å²) in [5.74, 6) is 0.429. The van der Waals surface area contributed by atoms with Gasteiger partial charge in [-0.25, -0.2) is 4.79 Å². The lowest BCUT2D eigenvalue weighted by molar-refractivity contribution is -0.0512. The second-order valence-corrected chi connectivity index (χ2v) is 4.65. The third-order valence-corrected chi connectivity index (χ3v) is 3.17. The molecular formula is C16H12F2O6. The smallest absolute Gasteiger partial charge is 0.387 e. The fraction of sp³-hybridized carbons (Fsp3) is 0.188. The molecule has 0 N–H and O–H groups in total. The Morgan fingerprint density at radius 3 is 2.62 bits per heavy atom. The highest BCUT2D eigenvalue weighted by Gasteiger charge is 2.18. The van der Waals surface area contributed by atoms with E-state index in [0.29, 0.717) is 11.5 Å². The van der Waals surface area contributed by atoms with Crippen LogP contribution in [0.2, 0.25) is 0 Å². The van der Waals surface area contributed by atoms with Gasteiger partial charge in [-0.15, -0.1) is 0 Å². The van der Waals surface area contributed by atoms with Gasteiger partial charge < -0.3 is 23.7 Å². The number of esters is 1. The molecule has 2 aromatic carbocycles. The van der Waals surface area contributed by atoms with E-state index >= 15 is 0 Å². The van der Waals surface area contributed by atoms with Crippen LogP contribution in [0.15, 0.2) is 36.4 Å². The summed E-state index contributed by atoms with van der Waals surface area (Å²) in [4.78, 5) is 12.2. The monoisotopic (exact) mass is 338 g/mol. The van der Waals surface area contributed by atoms with Gasteiger partial charge in [0.25, 0.3) is 0 Å². The molecule has 0 bridgehead atoms. The highest BCUT2D eigenvalue weighted by atomic mass is 19.3. The number of carbonyl (C=O) groups excluding carboxylic acids is 1. The molecule has 3 rings (SSSR count). The minimum Gasteiger partial charge on any atom is -0.493 e. The Morgan fingerprint density at radius 2 is 1.88 bits per heavy atom. The highest BCUT2D eigenvalue weighted by molar-refractivity contribution is 5.92. The quantitative estimate of drug-likeness (QED) is 0.616. The number of ether oxygens (including phenoxy) is 5. The Labute approximate surface area is 135 Å². The number of fused-ring (bicyclic) bond motifs is 1. The van der Waals surface area contributed by atoms with E-state index in [1.165, 1.54) is 31.4 Å². The molecule has 0 aliphatic carbocycles. The Hall–Kier alpha value is -3.03. The first-order valence-electron chi connectivity index (χ1n) is 6.81. The molecular weight excluding hydrogens is 326 g/mol. The molecule has 1 aliphatic rings. The van der Waals surface area contributed by atoms with Crippen molar-refractivity contribution in [1.82, 2.24) is 0 Å². The average Bonchev–Trinajstić information content (AvgIpc) is 3.02. The molecule has 0 radical (unpaired) electrons. The molecule has 0 fully saturated rings. The number of methoxy groups -OCH3 is 1. The maximum absolute atomic E-state index is 12.3. The molecule has 0 atom stereocenters. The van der Waals surface area contributed by atoms with E-state index in [2.05, 4.69) is 4.74 Å². The van der Waals surface area contributed by atoms with Crippen molar-refractivity contribution in [1.29, 1.82) is 0 Å². The summed E-state index contributed by atoms with van der Waals surface area (Å²) in [6, 6.07) is 8.46. The minimum absolute atomic E-state index is 0.00423. The van der Waals surface area contributed by atoms with Crippen LogP contribution in [0.4, 0.5) is 8.78 Å². The van der Waals surface area contributed by atoms with Gasteiger partial charge >= 0.3 is 12.6 Å². The van der Waals surface area contributed by atoms with Crippen molar-refractivity contribution in [2.24, 2.45) is 0 Å². The summed E-state index contributed by atoms with van der Waals surface area (Å²) in [5, 5.41) is 0. The van der Waals surface area contributed by atoms with Crippen molar-refractivity contribution < 1.29 is 37.3 Å². The number of alkyl halides is 2. The molecule has 8 heteroatoms. The average molecular weight is 338 g/mol. The summed E-state index contributed by atoms with van der Waals surface area (Å²) in [5.41, 5.74) is 0.117. The zero-order valence-electron chi connectivity index (χ0n) is 12.5. The van der Waals surface area contributed by atoms with E-state index in [-0.39, 0.29) is 29.6 Å². The normalized spacial score (nSPS) is 12.2. The van der Waals surface area contributed by atoms with Gasteiger partial charge in [0.05, 0.1) is 12.7 Å². The van der Waals surface area contributed by atoms with Crippen molar-refractivity contribution in [3.63, 3.8) is 0 Å². The number of hydrogen-bond donors (Lipinski definition) is 0. The standard InChI is InChI=1S/C16H12F2O6/c1-20-13-6-9(2-4-12(13)24-16(17)18)15(19)23-10-3-5-11-14(7-10)22-8-21-11/h2-7,16H,8H2,1H3. The van der Waals surface area contributed by atoms with Crippen LogP contribution < -0.4 is 23.7 Å². The molecule has 0 unspecified atom stereocenters. The fourth-order valence-corrected chi connectivity index (χ4v) is 2.09. The second kappa shape index (κ2) is 6.61. The Morgan fingerprint density at radius 1 is 1.08 bits per heavy atom. The second-order valence-electron chi connectivity index (χ2n) is 4.65. The summed E-state index contributed by atoms with van der Waals surface area (Å²) < 4.78 is 49.4. The van der Waals surface area contributed by atoms with E-state index in [1.807, 2.05) is 0 Å². The number of halogens is 2. The lowest BCUT2D eigenvalue weighted by Crippen LogP contribution is -2.10. The first-order chi connectivity index (χ1) is 11.6. The molecule has 1 aliphatic heterocycles. The summed E-state index contributed by atoms with van der Waals surface area (Å²) in [7, 11) is 1.28. The van der Waals surface area contributed by atoms with E-state index in [9.17, 15) is 13.6 Å². The lowest BCUT2D eigenvalue weighted by atomic mass is 10.2. The van der Waals surface area contributed by atoms with Crippen LogP contribution >= 0.6 is 0 Å². The molecule has 24 heavy (non-hydrogen) atoms. The maximum Gasteiger partial charge on any atom is 0.387 e. The summed E-state index contributed by atoms with van der Waals surface area (Å²) >= 11 is 0. The third kappa shape index (κ3) is 3.32. The van der Waals surface area contributed by atoms with Crippen LogP contribution in [0.3, 0.4) is 0 Å². The Bertz CT molecular complexity index is 762. The molecule has 0 spiro atoms. The van der Waals surface area contributed by atoms with Gasteiger partial charge in [0.1, 0.15) is 5.75 Å². The molecule has 1 heterocycles. The SMILES string of the molecule is COc1cc(C(=O)Oc2ccc3c(c2)OCO3)ccc1OC(F)F. The van der Waals surface area contributed by atoms with Gasteiger partial charge in [0.2, 0.25) is 6.79 Å². The zero-order chi connectivity index (χ0) is 17.1. The van der Waals surface area contributed by atoms with E-state index in [4.69, 9.17) is 18.9 Å². The van der Waals surface area contributed by atoms with Crippen molar-refractivity contribution in [2.45, 2.75) is 6.61 Å². The first kappa shape index (κ1) is 15.9. The molecule has 0 saturated carbocycles. The van der Waals surface area contributed by atoms with Crippen LogP contribution in [0.1, 0.15) is 10.4 Å². The predicted octanol–water partition coefficient (Wildman–Crippen LogP) is 3.24. The highest BCUT2D eigenvalue weighted by Crippen LogP contribution is 2.35. The Kier molecular flexibility index (Phi) is 4.37. The first-order valence-corrected chi connectivity index (χ1v) is 6.81. The lowest BCUT2D eigenvalue weighted by Gasteiger charge is -2.11. The van der Waals surface area contributed by atoms with Crippen molar-refractivity contribution >= 4 is 5.97 Å². The van der Waals surface area contributed by atoms with Gasteiger partial charge in [-0.05, 0) is 30.3 Å². The van der Waals surface area contributed by atoms with Crippen LogP contribution in [0, 0.1) is 0 Å². The molecule has 126 valence electrons. The van der Waals surface area contributed by atoms with Crippen LogP contribution in [-0.2, 0) is 0 Å². The van der Waals surface area contributed by atoms with Crippen LogP contribution in [-0.4, -0.2) is 26.5 Å². The number of benzene rings is 2. The minimum atomic E-state index is -3.00. The van der Waals surface area contributed by atoms with Gasteiger partial charge in [-0.1, -0.05) is 0 Å². The van der Waals surface area contributed by atoms with E-state index in [1.54, 1.807) is 12.1 Å². The van der Waals surface area contributed by atoms with E-state index in [0.717, 1.165) is 0 Å². The van der Waals surface area contributed by atoms with Crippen LogP contribution in [0.5, 0.6) is 28.7 Å². The van der Waals surface area contributed by atoms with Crippen molar-refractivity contribution in [3.8, 4) is 28.7 Å². The molecule has 6 nitrogen and oxygen atoms in total. The van der Waals surface area contributed by atoms with Gasteiger partial charge in [0, 0.05) is 6.07 Å². The molecule has 0 saturated heterocycles. The largest absolute Gasteiger partial charge is 0.493 e. The van der Waals surface area contributed by atoms with Gasteiger partial charge in [-0.2, -0.15) is 8.78 Å². The zero-order valence-corrected chi connectivity index (χ0v) is 12.5. The molecule has 2 aromatic rings. The van der Waals surface area contributed by atoms with Crippen LogP contribution in [0.25, 0.3) is 0 Å². The number of rotatable bonds is 5. The maximum atomic E-state index is 12.3. The molecule has 0 amide bonds. The number of carbonyl (C=O) groups is 1. The summed E-state index contributed by atoms with van der Waals surface area (Å²) in [6.07, 6.45) is 0.